The molecule has 0 spiro atoms. The molecule has 0 unspecified atom stereocenters. The third-order valence-corrected chi connectivity index (χ3v) is 4.37. The maximum absolute atomic E-state index is 6.41. The van der Waals surface area contributed by atoms with Crippen LogP contribution >= 0.6 is 22.9 Å². The molecule has 6 heteroatoms. The van der Waals surface area contributed by atoms with Crippen LogP contribution in [0.25, 0.3) is 33.0 Å². The van der Waals surface area contributed by atoms with Crippen LogP contribution in [-0.4, -0.2) is 19.9 Å². The van der Waals surface area contributed by atoms with E-state index in [2.05, 4.69) is 19.9 Å². The molecule has 0 aliphatic carbocycles. The van der Waals surface area contributed by atoms with Gasteiger partial charge in [-0.25, -0.2) is 9.97 Å². The molecule has 0 bridgehead atoms. The SMILES string of the molecule is Clc1nc(-c2ccccn2)nc2scc(-c3ccccn3)c12. The molecule has 4 aromatic rings. The first-order chi connectivity index (χ1) is 10.8. The zero-order chi connectivity index (χ0) is 14.9. The minimum atomic E-state index is 0.424. The fourth-order valence-electron chi connectivity index (χ4n) is 2.22. The van der Waals surface area contributed by atoms with Crippen molar-refractivity contribution in [2.45, 2.75) is 0 Å². The lowest BCUT2D eigenvalue weighted by Crippen LogP contribution is -1.92. The predicted molar refractivity (Wildman–Crippen MR) is 88.9 cm³/mol. The van der Waals surface area contributed by atoms with Gasteiger partial charge in [0.1, 0.15) is 15.7 Å². The number of nitrogens with zero attached hydrogens (tertiary/aromatic N) is 4. The summed E-state index contributed by atoms with van der Waals surface area (Å²) in [6.45, 7) is 0. The standard InChI is InChI=1S/C16H9ClN4S/c17-14-13-10(11-5-1-3-7-18-11)9-22-16(13)21-15(20-14)12-6-2-4-8-19-12/h1-9H. The molecule has 0 saturated carbocycles. The summed E-state index contributed by atoms with van der Waals surface area (Å²) in [5.74, 6) is 0.535. The number of hydrogen-bond acceptors (Lipinski definition) is 5. The monoisotopic (exact) mass is 324 g/mol. The van der Waals surface area contributed by atoms with E-state index in [0.717, 1.165) is 21.5 Å². The molecule has 4 nitrogen and oxygen atoms in total. The molecule has 0 aliphatic rings. The van der Waals surface area contributed by atoms with Crippen molar-refractivity contribution in [1.29, 1.82) is 0 Å². The summed E-state index contributed by atoms with van der Waals surface area (Å²) >= 11 is 7.94. The zero-order valence-corrected chi connectivity index (χ0v) is 12.8. The van der Waals surface area contributed by atoms with Crippen molar-refractivity contribution >= 4 is 33.2 Å². The van der Waals surface area contributed by atoms with Gasteiger partial charge in [0.2, 0.25) is 0 Å². The lowest BCUT2D eigenvalue weighted by atomic mass is 10.1. The first-order valence-electron chi connectivity index (χ1n) is 6.60. The first-order valence-corrected chi connectivity index (χ1v) is 7.86. The molecule has 0 atom stereocenters. The van der Waals surface area contributed by atoms with Crippen LogP contribution < -0.4 is 0 Å². The van der Waals surface area contributed by atoms with Gasteiger partial charge in [0.05, 0.1) is 11.1 Å². The van der Waals surface area contributed by atoms with Gasteiger partial charge in [-0.1, -0.05) is 23.7 Å². The van der Waals surface area contributed by atoms with E-state index in [9.17, 15) is 0 Å². The minimum Gasteiger partial charge on any atom is -0.256 e. The Morgan fingerprint density at radius 2 is 1.59 bits per heavy atom. The Balaban J connectivity index is 1.92. The Kier molecular flexibility index (Phi) is 3.29. The van der Waals surface area contributed by atoms with Gasteiger partial charge in [-0.2, -0.15) is 0 Å². The number of fused-ring (bicyclic) bond motifs is 1. The molecule has 22 heavy (non-hydrogen) atoms. The van der Waals surface area contributed by atoms with Crippen molar-refractivity contribution in [3.05, 3.63) is 59.3 Å². The Morgan fingerprint density at radius 3 is 2.27 bits per heavy atom. The summed E-state index contributed by atoms with van der Waals surface area (Å²) in [5, 5.41) is 3.27. The smallest absolute Gasteiger partial charge is 0.180 e. The van der Waals surface area contributed by atoms with E-state index in [1.165, 1.54) is 11.3 Å². The second-order valence-corrected chi connectivity index (χ2v) is 5.81. The van der Waals surface area contributed by atoms with Crippen LogP contribution in [0.15, 0.2) is 54.2 Å². The Bertz CT molecular complexity index is 938. The van der Waals surface area contributed by atoms with Crippen LogP contribution in [0.2, 0.25) is 5.15 Å². The second-order valence-electron chi connectivity index (χ2n) is 4.60. The highest BCUT2D eigenvalue weighted by molar-refractivity contribution is 7.17. The Hall–Kier alpha value is -2.37. The molecule has 0 saturated heterocycles. The minimum absolute atomic E-state index is 0.424. The van der Waals surface area contributed by atoms with Gasteiger partial charge in [0.25, 0.3) is 0 Å². The summed E-state index contributed by atoms with van der Waals surface area (Å²) in [7, 11) is 0. The van der Waals surface area contributed by atoms with E-state index < -0.39 is 0 Å². The van der Waals surface area contributed by atoms with Crippen LogP contribution in [0.3, 0.4) is 0 Å². The molecule has 4 aromatic heterocycles. The zero-order valence-electron chi connectivity index (χ0n) is 11.3. The van der Waals surface area contributed by atoms with E-state index in [0.29, 0.717) is 16.7 Å². The topological polar surface area (TPSA) is 51.6 Å². The molecular formula is C16H9ClN4S. The molecule has 0 fully saturated rings. The molecule has 0 amide bonds. The number of hydrogen-bond donors (Lipinski definition) is 0. The summed E-state index contributed by atoms with van der Waals surface area (Å²) < 4.78 is 0. The quantitative estimate of drug-likeness (QED) is 0.510. The van der Waals surface area contributed by atoms with Crippen LogP contribution in [-0.2, 0) is 0 Å². The number of pyridine rings is 2. The molecule has 0 aromatic carbocycles. The number of halogens is 1. The van der Waals surface area contributed by atoms with Crippen LogP contribution in [0.5, 0.6) is 0 Å². The van der Waals surface area contributed by atoms with E-state index in [4.69, 9.17) is 11.6 Å². The van der Waals surface area contributed by atoms with Crippen molar-refractivity contribution in [2.75, 3.05) is 0 Å². The van der Waals surface area contributed by atoms with Crippen LogP contribution in [0.4, 0.5) is 0 Å². The van der Waals surface area contributed by atoms with Gasteiger partial charge in [-0.05, 0) is 24.3 Å². The lowest BCUT2D eigenvalue weighted by Gasteiger charge is -2.03. The molecule has 4 heterocycles. The Morgan fingerprint density at radius 1 is 0.864 bits per heavy atom. The molecule has 4 rings (SSSR count). The average Bonchev–Trinajstić information content (AvgIpc) is 3.01. The normalized spacial score (nSPS) is 11.0. The molecule has 0 aliphatic heterocycles. The first kappa shape index (κ1) is 13.3. The highest BCUT2D eigenvalue weighted by Gasteiger charge is 2.15. The van der Waals surface area contributed by atoms with E-state index in [1.807, 2.05) is 41.8 Å². The van der Waals surface area contributed by atoms with Crippen molar-refractivity contribution in [3.63, 3.8) is 0 Å². The summed E-state index contributed by atoms with van der Waals surface area (Å²) in [5.41, 5.74) is 2.53. The average molecular weight is 325 g/mol. The Labute approximate surface area is 135 Å². The maximum atomic E-state index is 6.41. The van der Waals surface area contributed by atoms with Crippen molar-refractivity contribution in [1.82, 2.24) is 19.9 Å². The number of aromatic nitrogens is 4. The molecule has 0 radical (unpaired) electrons. The largest absolute Gasteiger partial charge is 0.256 e. The molecule has 106 valence electrons. The molecule has 0 N–H and O–H groups in total. The van der Waals surface area contributed by atoms with Gasteiger partial charge >= 0.3 is 0 Å². The molecular weight excluding hydrogens is 316 g/mol. The summed E-state index contributed by atoms with van der Waals surface area (Å²) in [6.07, 6.45) is 3.47. The summed E-state index contributed by atoms with van der Waals surface area (Å²) in [4.78, 5) is 18.5. The highest BCUT2D eigenvalue weighted by Crippen LogP contribution is 2.36. The van der Waals surface area contributed by atoms with E-state index >= 15 is 0 Å². The fraction of sp³-hybridized carbons (Fsp3) is 0. The van der Waals surface area contributed by atoms with Crippen LogP contribution in [0, 0.1) is 0 Å². The van der Waals surface area contributed by atoms with Crippen molar-refractivity contribution in [3.8, 4) is 22.8 Å². The van der Waals surface area contributed by atoms with Crippen molar-refractivity contribution in [2.24, 2.45) is 0 Å². The van der Waals surface area contributed by atoms with Gasteiger partial charge < -0.3 is 0 Å². The number of rotatable bonds is 2. The van der Waals surface area contributed by atoms with Gasteiger partial charge in [-0.15, -0.1) is 11.3 Å². The van der Waals surface area contributed by atoms with Gasteiger partial charge in [0, 0.05) is 23.3 Å². The second kappa shape index (κ2) is 5.44. The highest BCUT2D eigenvalue weighted by atomic mass is 35.5. The van der Waals surface area contributed by atoms with Crippen LogP contribution in [0.1, 0.15) is 0 Å². The third-order valence-electron chi connectivity index (χ3n) is 3.22. The number of thiophene rings is 1. The van der Waals surface area contributed by atoms with Gasteiger partial charge in [0.15, 0.2) is 5.82 Å². The summed E-state index contributed by atoms with van der Waals surface area (Å²) in [6, 6.07) is 11.4. The fourth-order valence-corrected chi connectivity index (χ4v) is 3.48. The van der Waals surface area contributed by atoms with Crippen molar-refractivity contribution < 1.29 is 0 Å². The van der Waals surface area contributed by atoms with Gasteiger partial charge in [-0.3, -0.25) is 9.97 Å². The predicted octanol–water partition coefficient (Wildman–Crippen LogP) is 4.47. The lowest BCUT2D eigenvalue weighted by molar-refractivity contribution is 1.18. The maximum Gasteiger partial charge on any atom is 0.180 e. The van der Waals surface area contributed by atoms with E-state index in [1.54, 1.807) is 12.4 Å². The van der Waals surface area contributed by atoms with E-state index in [-0.39, 0.29) is 0 Å². The third kappa shape index (κ3) is 2.24.